The minimum Gasteiger partial charge on any atom is -0.483 e. The van der Waals surface area contributed by atoms with Crippen molar-refractivity contribution >= 4 is 29.6 Å². The lowest BCUT2D eigenvalue weighted by Crippen LogP contribution is -2.38. The lowest BCUT2D eigenvalue weighted by molar-refractivity contribution is -0.139. The van der Waals surface area contributed by atoms with Crippen LogP contribution >= 0.6 is 0 Å². The van der Waals surface area contributed by atoms with E-state index in [2.05, 4.69) is 21.2 Å². The van der Waals surface area contributed by atoms with E-state index in [1.54, 1.807) is 24.3 Å². The van der Waals surface area contributed by atoms with E-state index in [4.69, 9.17) is 4.74 Å². The molecule has 158 valence electrons. The number of carbonyl (C=O) groups excluding carboxylic acids is 3. The first-order valence-corrected chi connectivity index (χ1v) is 9.38. The smallest absolute Gasteiger partial charge is 0.329 e. The molecule has 0 aromatic heterocycles. The largest absolute Gasteiger partial charge is 0.483 e. The lowest BCUT2D eigenvalue weighted by atomic mass is 10.2. The Bertz CT molecular complexity index is 900. The van der Waals surface area contributed by atoms with E-state index in [-0.39, 0.29) is 6.61 Å². The Morgan fingerprint density at radius 2 is 1.80 bits per heavy atom. The van der Waals surface area contributed by atoms with E-state index in [1.165, 1.54) is 30.5 Å². The molecule has 0 bridgehead atoms. The molecule has 0 atom stereocenters. The van der Waals surface area contributed by atoms with Crippen molar-refractivity contribution in [1.29, 1.82) is 0 Å². The molecule has 0 aliphatic rings. The summed E-state index contributed by atoms with van der Waals surface area (Å²) in [6.45, 7) is 2.11. The zero-order valence-corrected chi connectivity index (χ0v) is 16.5. The predicted octanol–water partition coefficient (Wildman–Crippen LogP) is 2.21. The molecule has 0 unspecified atom stereocenters. The normalized spacial score (nSPS) is 10.5. The first-order chi connectivity index (χ1) is 14.5. The van der Waals surface area contributed by atoms with Gasteiger partial charge in [-0.25, -0.2) is 9.82 Å². The van der Waals surface area contributed by atoms with Gasteiger partial charge < -0.3 is 15.4 Å². The molecule has 0 saturated heterocycles. The van der Waals surface area contributed by atoms with Gasteiger partial charge in [-0.15, -0.1) is 0 Å². The third-order valence-electron chi connectivity index (χ3n) is 3.80. The molecule has 8 nitrogen and oxygen atoms in total. The highest BCUT2D eigenvalue weighted by atomic mass is 19.1. The number of nitrogens with zero attached hydrogens (tertiary/aromatic N) is 1. The van der Waals surface area contributed by atoms with Crippen LogP contribution in [-0.2, 0) is 14.4 Å². The molecule has 0 radical (unpaired) electrons. The van der Waals surface area contributed by atoms with Crippen LogP contribution < -0.4 is 20.8 Å². The van der Waals surface area contributed by atoms with Gasteiger partial charge in [0.25, 0.3) is 5.91 Å². The number of amides is 3. The van der Waals surface area contributed by atoms with Gasteiger partial charge in [-0.2, -0.15) is 5.10 Å². The van der Waals surface area contributed by atoms with Crippen molar-refractivity contribution in [2.75, 3.05) is 18.5 Å². The van der Waals surface area contributed by atoms with Crippen molar-refractivity contribution in [3.63, 3.8) is 0 Å². The summed E-state index contributed by atoms with van der Waals surface area (Å²) in [6.07, 6.45) is 2.99. The molecule has 0 aliphatic carbocycles. The summed E-state index contributed by atoms with van der Waals surface area (Å²) in [4.78, 5) is 35.3. The molecule has 2 rings (SSSR count). The Morgan fingerprint density at radius 1 is 1.07 bits per heavy atom. The summed E-state index contributed by atoms with van der Waals surface area (Å²) in [5, 5.41) is 8.82. The molecule has 0 spiro atoms. The molecular weight excluding hydrogens is 391 g/mol. The van der Waals surface area contributed by atoms with Gasteiger partial charge in [-0.05, 0) is 42.8 Å². The number of ether oxygens (including phenoxy) is 1. The highest BCUT2D eigenvalue weighted by molar-refractivity contribution is 6.35. The monoisotopic (exact) mass is 414 g/mol. The van der Waals surface area contributed by atoms with E-state index in [1.807, 2.05) is 6.92 Å². The average molecular weight is 414 g/mol. The van der Waals surface area contributed by atoms with Crippen LogP contribution in [-0.4, -0.2) is 37.1 Å². The van der Waals surface area contributed by atoms with Crippen LogP contribution in [0.15, 0.2) is 53.6 Å². The fraction of sp³-hybridized carbons (Fsp3) is 0.238. The fourth-order valence-electron chi connectivity index (χ4n) is 2.26. The highest BCUT2D eigenvalue weighted by Crippen LogP contribution is 2.16. The maximum absolute atomic E-state index is 12.9. The van der Waals surface area contributed by atoms with Gasteiger partial charge in [-0.1, -0.05) is 25.5 Å². The van der Waals surface area contributed by atoms with Crippen molar-refractivity contribution < 1.29 is 23.5 Å². The van der Waals surface area contributed by atoms with E-state index < -0.39 is 23.5 Å². The second kappa shape index (κ2) is 11.9. The van der Waals surface area contributed by atoms with Crippen LogP contribution in [0, 0.1) is 5.82 Å². The summed E-state index contributed by atoms with van der Waals surface area (Å²) in [7, 11) is 0. The number of hydrazone groups is 1. The van der Waals surface area contributed by atoms with Crippen molar-refractivity contribution in [3.8, 4) is 5.75 Å². The maximum Gasteiger partial charge on any atom is 0.329 e. The number of benzene rings is 2. The molecular formula is C21H23FN4O4. The van der Waals surface area contributed by atoms with Gasteiger partial charge in [0.1, 0.15) is 11.6 Å². The van der Waals surface area contributed by atoms with Crippen LogP contribution in [0.4, 0.5) is 10.1 Å². The Hall–Kier alpha value is -3.75. The van der Waals surface area contributed by atoms with Gasteiger partial charge >= 0.3 is 11.8 Å². The molecule has 9 heteroatoms. The maximum atomic E-state index is 12.9. The summed E-state index contributed by atoms with van der Waals surface area (Å²) in [5.41, 5.74) is 3.08. The van der Waals surface area contributed by atoms with Crippen molar-refractivity contribution in [2.24, 2.45) is 5.10 Å². The van der Waals surface area contributed by atoms with E-state index >= 15 is 0 Å². The van der Waals surface area contributed by atoms with Crippen molar-refractivity contribution in [2.45, 2.75) is 19.8 Å². The van der Waals surface area contributed by atoms with Gasteiger partial charge in [0.15, 0.2) is 6.61 Å². The predicted molar refractivity (Wildman–Crippen MR) is 111 cm³/mol. The van der Waals surface area contributed by atoms with Crippen molar-refractivity contribution in [1.82, 2.24) is 10.7 Å². The van der Waals surface area contributed by atoms with Gasteiger partial charge in [0.05, 0.1) is 6.21 Å². The minimum atomic E-state index is -0.876. The number of halogens is 1. The molecule has 3 N–H and O–H groups in total. The molecule has 30 heavy (non-hydrogen) atoms. The number of rotatable bonds is 9. The third kappa shape index (κ3) is 7.70. The third-order valence-corrected chi connectivity index (χ3v) is 3.80. The molecule has 0 heterocycles. The second-order valence-electron chi connectivity index (χ2n) is 6.19. The van der Waals surface area contributed by atoms with Crippen LogP contribution in [0.3, 0.4) is 0 Å². The zero-order valence-electron chi connectivity index (χ0n) is 16.5. The topological polar surface area (TPSA) is 109 Å². The standard InChI is InChI=1S/C21H23FN4O4/c1-2-3-12-23-20(28)21(29)26-24-13-15-6-4-5-7-18(15)30-14-19(27)25-17-10-8-16(22)9-11-17/h4-11,13H,2-3,12,14H2,1H3,(H,23,28)(H,25,27)(H,26,29)/b24-13-. The number of anilines is 1. The molecule has 0 fully saturated rings. The summed E-state index contributed by atoms with van der Waals surface area (Å²) >= 11 is 0. The van der Waals surface area contributed by atoms with Crippen LogP contribution in [0.1, 0.15) is 25.3 Å². The first-order valence-electron chi connectivity index (χ1n) is 9.38. The summed E-state index contributed by atoms with van der Waals surface area (Å²) in [6, 6.07) is 12.1. The Balaban J connectivity index is 1.86. The quantitative estimate of drug-likeness (QED) is 0.253. The van der Waals surface area contributed by atoms with Gasteiger partial charge in [0, 0.05) is 17.8 Å². The molecule has 3 amide bonds. The second-order valence-corrected chi connectivity index (χ2v) is 6.19. The molecule has 2 aromatic rings. The van der Waals surface area contributed by atoms with Crippen LogP contribution in [0.5, 0.6) is 5.75 Å². The number of nitrogens with one attached hydrogen (secondary N) is 3. The number of hydrogen-bond acceptors (Lipinski definition) is 5. The van der Waals surface area contributed by atoms with Gasteiger partial charge in [0.2, 0.25) is 0 Å². The Kier molecular flexibility index (Phi) is 8.98. The number of unbranched alkanes of at least 4 members (excludes halogenated alkanes) is 1. The Morgan fingerprint density at radius 3 is 2.53 bits per heavy atom. The van der Waals surface area contributed by atoms with Crippen LogP contribution in [0.2, 0.25) is 0 Å². The van der Waals surface area contributed by atoms with E-state index in [0.29, 0.717) is 23.5 Å². The number of carbonyl (C=O) groups is 3. The number of hydrogen-bond donors (Lipinski definition) is 3. The SMILES string of the molecule is CCCCNC(=O)C(=O)N/N=C\c1ccccc1OCC(=O)Nc1ccc(F)cc1. The summed E-state index contributed by atoms with van der Waals surface area (Å²) in [5.74, 6) is -2.10. The fourth-order valence-corrected chi connectivity index (χ4v) is 2.26. The number of para-hydroxylation sites is 1. The van der Waals surface area contributed by atoms with Gasteiger partial charge in [-0.3, -0.25) is 14.4 Å². The first kappa shape index (κ1) is 22.5. The average Bonchev–Trinajstić information content (AvgIpc) is 2.74. The van der Waals surface area contributed by atoms with Crippen molar-refractivity contribution in [3.05, 3.63) is 59.9 Å². The summed E-state index contributed by atoms with van der Waals surface area (Å²) < 4.78 is 18.4. The van der Waals surface area contributed by atoms with Crippen LogP contribution in [0.25, 0.3) is 0 Å². The van der Waals surface area contributed by atoms with E-state index in [9.17, 15) is 18.8 Å². The zero-order chi connectivity index (χ0) is 21.8. The highest BCUT2D eigenvalue weighted by Gasteiger charge is 2.11. The molecule has 0 saturated carbocycles. The molecule has 2 aromatic carbocycles. The lowest BCUT2D eigenvalue weighted by Gasteiger charge is -2.09. The van der Waals surface area contributed by atoms with E-state index in [0.717, 1.165) is 12.8 Å². The minimum absolute atomic E-state index is 0.283. The molecule has 0 aliphatic heterocycles. The Labute approximate surface area is 173 Å².